The van der Waals surface area contributed by atoms with E-state index in [1.807, 2.05) is 0 Å². The summed E-state index contributed by atoms with van der Waals surface area (Å²) >= 11 is 0. The number of carbonyl (C=O) groups is 2. The molecule has 2 aromatic rings. The average molecular weight is 448 g/mol. The first-order valence-electron chi connectivity index (χ1n) is 9.83. The number of aromatic nitrogens is 2. The van der Waals surface area contributed by atoms with Gasteiger partial charge in [-0.1, -0.05) is 0 Å². The number of hydrogen-bond donors (Lipinski definition) is 0. The summed E-state index contributed by atoms with van der Waals surface area (Å²) in [6, 6.07) is 5.74. The van der Waals surface area contributed by atoms with Crippen molar-refractivity contribution < 1.29 is 22.8 Å². The molecule has 1 saturated heterocycles. The molecular formula is C21H23F3N6O2. The van der Waals surface area contributed by atoms with Crippen LogP contribution in [0.25, 0.3) is 0 Å². The van der Waals surface area contributed by atoms with Crippen molar-refractivity contribution in [2.24, 2.45) is 7.05 Å². The van der Waals surface area contributed by atoms with Gasteiger partial charge in [-0.3, -0.25) is 14.3 Å². The molecular weight excluding hydrogens is 425 g/mol. The van der Waals surface area contributed by atoms with Gasteiger partial charge in [0.1, 0.15) is 6.04 Å². The highest BCUT2D eigenvalue weighted by Crippen LogP contribution is 2.35. The maximum absolute atomic E-state index is 13.4. The van der Waals surface area contributed by atoms with E-state index in [2.05, 4.69) is 5.10 Å². The van der Waals surface area contributed by atoms with Crippen LogP contribution in [-0.4, -0.2) is 71.2 Å². The molecule has 1 aromatic heterocycles. The first-order chi connectivity index (χ1) is 14.9. The summed E-state index contributed by atoms with van der Waals surface area (Å²) in [4.78, 5) is 30.3. The SMILES string of the molecule is Cc1cc(C(=O)N2CCN(c3ccc(C#N)c(C(F)(F)F)c3)CC2C(=O)N(C)C)nn1C. The zero-order chi connectivity index (χ0) is 23.8. The molecule has 0 radical (unpaired) electrons. The van der Waals surface area contributed by atoms with Crippen LogP contribution in [0.5, 0.6) is 0 Å². The van der Waals surface area contributed by atoms with Crippen LogP contribution in [-0.2, 0) is 18.0 Å². The Morgan fingerprint density at radius 1 is 1.22 bits per heavy atom. The van der Waals surface area contributed by atoms with E-state index in [-0.39, 0.29) is 36.9 Å². The maximum atomic E-state index is 13.4. The molecule has 1 aliphatic heterocycles. The van der Waals surface area contributed by atoms with Crippen molar-refractivity contribution >= 4 is 17.5 Å². The fourth-order valence-corrected chi connectivity index (χ4v) is 3.64. The molecule has 1 aromatic carbocycles. The summed E-state index contributed by atoms with van der Waals surface area (Å²) in [7, 11) is 4.81. The smallest absolute Gasteiger partial charge is 0.367 e. The summed E-state index contributed by atoms with van der Waals surface area (Å²) in [6.07, 6.45) is -4.69. The molecule has 170 valence electrons. The first kappa shape index (κ1) is 23.1. The molecule has 1 aliphatic rings. The van der Waals surface area contributed by atoms with E-state index in [0.29, 0.717) is 0 Å². The van der Waals surface area contributed by atoms with E-state index in [1.165, 1.54) is 15.9 Å². The van der Waals surface area contributed by atoms with Crippen molar-refractivity contribution in [2.45, 2.75) is 19.1 Å². The number of piperazine rings is 1. The molecule has 0 saturated carbocycles. The highest BCUT2D eigenvalue weighted by Gasteiger charge is 2.39. The molecule has 2 heterocycles. The second-order valence-electron chi connectivity index (χ2n) is 7.83. The van der Waals surface area contributed by atoms with Crippen LogP contribution < -0.4 is 4.90 Å². The van der Waals surface area contributed by atoms with Crippen LogP contribution in [0, 0.1) is 18.3 Å². The van der Waals surface area contributed by atoms with Gasteiger partial charge in [-0.15, -0.1) is 0 Å². The third-order valence-corrected chi connectivity index (χ3v) is 5.49. The van der Waals surface area contributed by atoms with Crippen LogP contribution >= 0.6 is 0 Å². The molecule has 1 unspecified atom stereocenters. The number of likely N-dealkylation sites (N-methyl/N-ethyl adjacent to an activating group) is 1. The van der Waals surface area contributed by atoms with Crippen molar-refractivity contribution in [3.8, 4) is 6.07 Å². The van der Waals surface area contributed by atoms with Gasteiger partial charge < -0.3 is 14.7 Å². The van der Waals surface area contributed by atoms with Crippen molar-refractivity contribution in [3.63, 3.8) is 0 Å². The van der Waals surface area contributed by atoms with E-state index in [1.54, 1.807) is 49.8 Å². The van der Waals surface area contributed by atoms with E-state index in [0.717, 1.165) is 17.8 Å². The molecule has 8 nitrogen and oxygen atoms in total. The second kappa shape index (κ2) is 8.53. The summed E-state index contributed by atoms with van der Waals surface area (Å²) in [6.45, 7) is 2.16. The Hall–Kier alpha value is -3.55. The molecule has 1 atom stereocenters. The lowest BCUT2D eigenvalue weighted by molar-refractivity contribution is -0.138. The number of amides is 2. The standard InChI is InChI=1S/C21H23F3N6O2/c1-13-9-17(26-28(13)4)19(31)30-8-7-29(12-18(30)20(32)27(2)3)15-6-5-14(11-25)16(10-15)21(22,23)24/h5-6,9-10,18H,7-8,12H2,1-4H3. The number of alkyl halides is 3. The number of anilines is 1. The van der Waals surface area contributed by atoms with Gasteiger partial charge in [0.15, 0.2) is 5.69 Å². The highest BCUT2D eigenvalue weighted by molar-refractivity contribution is 5.96. The molecule has 3 rings (SSSR count). The van der Waals surface area contributed by atoms with Crippen LogP contribution in [0.1, 0.15) is 27.3 Å². The van der Waals surface area contributed by atoms with Gasteiger partial charge in [0, 0.05) is 52.2 Å². The van der Waals surface area contributed by atoms with Gasteiger partial charge in [-0.05, 0) is 31.2 Å². The number of benzene rings is 1. The number of rotatable bonds is 3. The Morgan fingerprint density at radius 2 is 1.91 bits per heavy atom. The van der Waals surface area contributed by atoms with Crippen molar-refractivity contribution in [1.82, 2.24) is 19.6 Å². The Bertz CT molecular complexity index is 1070. The third kappa shape index (κ3) is 4.39. The second-order valence-corrected chi connectivity index (χ2v) is 7.83. The molecule has 0 spiro atoms. The zero-order valence-electron chi connectivity index (χ0n) is 18.1. The minimum atomic E-state index is -4.69. The number of carbonyl (C=O) groups excluding carboxylic acids is 2. The van der Waals surface area contributed by atoms with Gasteiger partial charge >= 0.3 is 6.18 Å². The number of hydrogen-bond acceptors (Lipinski definition) is 5. The predicted octanol–water partition coefficient (Wildman–Crippen LogP) is 2.04. The van der Waals surface area contributed by atoms with E-state index in [4.69, 9.17) is 5.26 Å². The van der Waals surface area contributed by atoms with Crippen molar-refractivity contribution in [1.29, 1.82) is 5.26 Å². The fourth-order valence-electron chi connectivity index (χ4n) is 3.64. The molecule has 2 amide bonds. The molecule has 11 heteroatoms. The summed E-state index contributed by atoms with van der Waals surface area (Å²) in [5.74, 6) is -0.759. The summed E-state index contributed by atoms with van der Waals surface area (Å²) in [5.41, 5.74) is -0.293. The van der Waals surface area contributed by atoms with E-state index < -0.39 is 29.3 Å². The molecule has 0 aliphatic carbocycles. The van der Waals surface area contributed by atoms with E-state index >= 15 is 0 Å². The monoisotopic (exact) mass is 448 g/mol. The normalized spacial score (nSPS) is 16.6. The van der Waals surface area contributed by atoms with Gasteiger partial charge in [-0.2, -0.15) is 23.5 Å². The first-order valence-corrected chi connectivity index (χ1v) is 9.83. The minimum absolute atomic E-state index is 0.0117. The number of aryl methyl sites for hydroxylation is 2. The van der Waals surface area contributed by atoms with Crippen LogP contribution in [0.2, 0.25) is 0 Å². The third-order valence-electron chi connectivity index (χ3n) is 5.49. The highest BCUT2D eigenvalue weighted by atomic mass is 19.4. The Morgan fingerprint density at radius 3 is 2.44 bits per heavy atom. The fraction of sp³-hybridized carbons (Fsp3) is 0.429. The summed E-state index contributed by atoms with van der Waals surface area (Å²) in [5, 5.41) is 13.2. The van der Waals surface area contributed by atoms with Gasteiger partial charge in [-0.25, -0.2) is 0 Å². The predicted molar refractivity (Wildman–Crippen MR) is 110 cm³/mol. The quantitative estimate of drug-likeness (QED) is 0.718. The van der Waals surface area contributed by atoms with Gasteiger partial charge in [0.25, 0.3) is 5.91 Å². The van der Waals surface area contributed by atoms with Gasteiger partial charge in [0.2, 0.25) is 5.91 Å². The van der Waals surface area contributed by atoms with Crippen LogP contribution in [0.15, 0.2) is 24.3 Å². The zero-order valence-corrected chi connectivity index (χ0v) is 18.1. The molecule has 32 heavy (non-hydrogen) atoms. The molecule has 0 N–H and O–H groups in total. The average Bonchev–Trinajstić information content (AvgIpc) is 3.09. The van der Waals surface area contributed by atoms with Gasteiger partial charge in [0.05, 0.1) is 17.2 Å². The lowest BCUT2D eigenvalue weighted by Gasteiger charge is -2.42. The molecule has 1 fully saturated rings. The number of halogens is 3. The van der Waals surface area contributed by atoms with Crippen molar-refractivity contribution in [3.05, 3.63) is 46.8 Å². The van der Waals surface area contributed by atoms with Crippen LogP contribution in [0.4, 0.5) is 18.9 Å². The van der Waals surface area contributed by atoms with Crippen molar-refractivity contribution in [2.75, 3.05) is 38.6 Å². The van der Waals surface area contributed by atoms with E-state index in [9.17, 15) is 22.8 Å². The van der Waals surface area contributed by atoms with Crippen LogP contribution in [0.3, 0.4) is 0 Å². The Balaban J connectivity index is 1.93. The Labute approximate surface area is 183 Å². The Kier molecular flexibility index (Phi) is 6.16. The topological polar surface area (TPSA) is 85.5 Å². The minimum Gasteiger partial charge on any atom is -0.367 e. The molecule has 0 bridgehead atoms. The largest absolute Gasteiger partial charge is 0.417 e. The number of nitrogens with zero attached hydrogens (tertiary/aromatic N) is 6. The lowest BCUT2D eigenvalue weighted by Crippen LogP contribution is -2.60. The maximum Gasteiger partial charge on any atom is 0.417 e. The lowest BCUT2D eigenvalue weighted by atomic mass is 10.0. The number of nitriles is 1. The summed E-state index contributed by atoms with van der Waals surface area (Å²) < 4.78 is 41.7.